The fourth-order valence-corrected chi connectivity index (χ4v) is 4.20. The third-order valence-electron chi connectivity index (χ3n) is 3.59. The SMILES string of the molecule is CC1CC(C)CN(S(=O)(=O)NCc2cccc(N)c2)C1. The van der Waals surface area contributed by atoms with Crippen molar-refractivity contribution in [3.05, 3.63) is 29.8 Å². The molecule has 112 valence electrons. The standard InChI is InChI=1S/C14H23N3O2S/c1-11-6-12(2)10-17(9-11)20(18,19)16-8-13-4-3-5-14(15)7-13/h3-5,7,11-12,16H,6,8-10,15H2,1-2H3. The van der Waals surface area contributed by atoms with Gasteiger partial charge in [0.05, 0.1) is 0 Å². The highest BCUT2D eigenvalue weighted by Crippen LogP contribution is 2.22. The summed E-state index contributed by atoms with van der Waals surface area (Å²) in [5, 5.41) is 0. The zero-order valence-electron chi connectivity index (χ0n) is 12.0. The Morgan fingerprint density at radius 3 is 2.55 bits per heavy atom. The summed E-state index contributed by atoms with van der Waals surface area (Å²) in [6.07, 6.45) is 1.08. The third-order valence-corrected chi connectivity index (χ3v) is 5.07. The van der Waals surface area contributed by atoms with E-state index in [-0.39, 0.29) is 6.54 Å². The Hall–Kier alpha value is -1.11. The van der Waals surface area contributed by atoms with Crippen molar-refractivity contribution < 1.29 is 8.42 Å². The zero-order valence-corrected chi connectivity index (χ0v) is 12.9. The molecule has 0 aromatic heterocycles. The maximum absolute atomic E-state index is 12.3. The minimum atomic E-state index is -3.42. The number of nitrogens with zero attached hydrogens (tertiary/aromatic N) is 1. The first kappa shape index (κ1) is 15.3. The first-order valence-corrected chi connectivity index (χ1v) is 8.40. The molecule has 6 heteroatoms. The number of nitrogens with two attached hydrogens (primary N) is 1. The molecule has 1 aromatic carbocycles. The Kier molecular flexibility index (Phi) is 4.67. The molecule has 0 amide bonds. The fraction of sp³-hybridized carbons (Fsp3) is 0.571. The molecule has 5 nitrogen and oxygen atoms in total. The average Bonchev–Trinajstić information content (AvgIpc) is 2.35. The monoisotopic (exact) mass is 297 g/mol. The van der Waals surface area contributed by atoms with Gasteiger partial charge in [-0.3, -0.25) is 0 Å². The molecule has 2 unspecified atom stereocenters. The van der Waals surface area contributed by atoms with Gasteiger partial charge in [-0.2, -0.15) is 17.4 Å². The second kappa shape index (κ2) is 6.11. The predicted octanol–water partition coefficient (Wildman–Crippen LogP) is 1.58. The molecule has 2 rings (SSSR count). The van der Waals surface area contributed by atoms with Gasteiger partial charge in [0.2, 0.25) is 0 Å². The zero-order chi connectivity index (χ0) is 14.8. The van der Waals surface area contributed by atoms with E-state index in [9.17, 15) is 8.42 Å². The van der Waals surface area contributed by atoms with E-state index in [2.05, 4.69) is 18.6 Å². The second-order valence-electron chi connectivity index (χ2n) is 5.83. The van der Waals surface area contributed by atoms with Gasteiger partial charge in [0.25, 0.3) is 10.2 Å². The van der Waals surface area contributed by atoms with Crippen LogP contribution in [0.4, 0.5) is 5.69 Å². The lowest BCUT2D eigenvalue weighted by Crippen LogP contribution is -2.47. The Bertz CT molecular complexity index is 549. The van der Waals surface area contributed by atoms with Gasteiger partial charge in [0, 0.05) is 25.3 Å². The second-order valence-corrected chi connectivity index (χ2v) is 7.59. The summed E-state index contributed by atoms with van der Waals surface area (Å²) in [6, 6.07) is 7.25. The number of piperidine rings is 1. The summed E-state index contributed by atoms with van der Waals surface area (Å²) in [5.74, 6) is 0.811. The maximum Gasteiger partial charge on any atom is 0.279 e. The summed E-state index contributed by atoms with van der Waals surface area (Å²) in [4.78, 5) is 0. The van der Waals surface area contributed by atoms with Crippen LogP contribution in [0.1, 0.15) is 25.8 Å². The van der Waals surface area contributed by atoms with Gasteiger partial charge in [-0.05, 0) is 36.0 Å². The first-order chi connectivity index (χ1) is 9.37. The maximum atomic E-state index is 12.3. The van der Waals surface area contributed by atoms with E-state index < -0.39 is 10.2 Å². The molecule has 1 fully saturated rings. The van der Waals surface area contributed by atoms with Crippen molar-refractivity contribution in [2.24, 2.45) is 11.8 Å². The average molecular weight is 297 g/mol. The number of benzene rings is 1. The van der Waals surface area contributed by atoms with Crippen LogP contribution >= 0.6 is 0 Å². The molecular formula is C14H23N3O2S. The number of hydrogen-bond acceptors (Lipinski definition) is 3. The molecule has 0 spiro atoms. The molecule has 2 atom stereocenters. The van der Waals surface area contributed by atoms with Crippen LogP contribution in [0.3, 0.4) is 0 Å². The number of nitrogens with one attached hydrogen (secondary N) is 1. The van der Waals surface area contributed by atoms with Crippen molar-refractivity contribution in [3.63, 3.8) is 0 Å². The lowest BCUT2D eigenvalue weighted by Gasteiger charge is -2.33. The van der Waals surface area contributed by atoms with Crippen LogP contribution in [0.5, 0.6) is 0 Å². The van der Waals surface area contributed by atoms with Crippen molar-refractivity contribution in [2.45, 2.75) is 26.8 Å². The van der Waals surface area contributed by atoms with Gasteiger partial charge in [0.1, 0.15) is 0 Å². The fourth-order valence-electron chi connectivity index (χ4n) is 2.77. The lowest BCUT2D eigenvalue weighted by atomic mass is 9.94. The summed E-state index contributed by atoms with van der Waals surface area (Å²) < 4.78 is 28.8. The van der Waals surface area contributed by atoms with Gasteiger partial charge in [-0.15, -0.1) is 0 Å². The van der Waals surface area contributed by atoms with E-state index in [1.807, 2.05) is 12.1 Å². The van der Waals surface area contributed by atoms with Crippen LogP contribution < -0.4 is 10.5 Å². The molecule has 3 N–H and O–H groups in total. The van der Waals surface area contributed by atoms with Gasteiger partial charge in [0.15, 0.2) is 0 Å². The predicted molar refractivity (Wildman–Crippen MR) is 81.1 cm³/mol. The Labute approximate surface area is 121 Å². The molecule has 0 radical (unpaired) electrons. The highest BCUT2D eigenvalue weighted by Gasteiger charge is 2.30. The Balaban J connectivity index is 2.00. The number of rotatable bonds is 4. The molecule has 1 heterocycles. The van der Waals surface area contributed by atoms with Crippen molar-refractivity contribution in [1.82, 2.24) is 9.03 Å². The smallest absolute Gasteiger partial charge is 0.279 e. The highest BCUT2D eigenvalue weighted by atomic mass is 32.2. The van der Waals surface area contributed by atoms with Gasteiger partial charge < -0.3 is 5.73 Å². The van der Waals surface area contributed by atoms with Crippen molar-refractivity contribution >= 4 is 15.9 Å². The number of nitrogen functional groups attached to an aromatic ring is 1. The lowest BCUT2D eigenvalue weighted by molar-refractivity contribution is 0.220. The summed E-state index contributed by atoms with van der Waals surface area (Å²) in [6.45, 7) is 5.64. The topological polar surface area (TPSA) is 75.4 Å². The molecule has 0 aliphatic carbocycles. The molecule has 1 saturated heterocycles. The molecular weight excluding hydrogens is 274 g/mol. The van der Waals surface area contributed by atoms with Crippen molar-refractivity contribution in [3.8, 4) is 0 Å². The normalized spacial score (nSPS) is 24.7. The van der Waals surface area contributed by atoms with Gasteiger partial charge in [-0.25, -0.2) is 0 Å². The van der Waals surface area contributed by atoms with Crippen LogP contribution in [0.2, 0.25) is 0 Å². The summed E-state index contributed by atoms with van der Waals surface area (Å²) in [7, 11) is -3.42. The molecule has 20 heavy (non-hydrogen) atoms. The van der Waals surface area contributed by atoms with E-state index in [0.29, 0.717) is 30.6 Å². The van der Waals surface area contributed by atoms with Crippen LogP contribution in [0.25, 0.3) is 0 Å². The van der Waals surface area contributed by atoms with E-state index in [1.165, 1.54) is 0 Å². The molecule has 1 aliphatic heterocycles. The van der Waals surface area contributed by atoms with Gasteiger partial charge >= 0.3 is 0 Å². The number of hydrogen-bond donors (Lipinski definition) is 2. The third kappa shape index (κ3) is 3.94. The van der Waals surface area contributed by atoms with Gasteiger partial charge in [-0.1, -0.05) is 26.0 Å². The van der Waals surface area contributed by atoms with Crippen LogP contribution in [-0.2, 0) is 16.8 Å². The van der Waals surface area contributed by atoms with Crippen molar-refractivity contribution in [1.29, 1.82) is 0 Å². The molecule has 0 saturated carbocycles. The Morgan fingerprint density at radius 2 is 1.95 bits per heavy atom. The van der Waals surface area contributed by atoms with Crippen LogP contribution in [0, 0.1) is 11.8 Å². The van der Waals surface area contributed by atoms with Crippen LogP contribution in [0.15, 0.2) is 24.3 Å². The summed E-state index contributed by atoms with van der Waals surface area (Å²) >= 11 is 0. The summed E-state index contributed by atoms with van der Waals surface area (Å²) in [5.41, 5.74) is 7.20. The highest BCUT2D eigenvalue weighted by molar-refractivity contribution is 7.87. The van der Waals surface area contributed by atoms with E-state index in [1.54, 1.807) is 16.4 Å². The quantitative estimate of drug-likeness (QED) is 0.829. The molecule has 0 bridgehead atoms. The van der Waals surface area contributed by atoms with E-state index >= 15 is 0 Å². The minimum Gasteiger partial charge on any atom is -0.399 e. The van der Waals surface area contributed by atoms with E-state index in [0.717, 1.165) is 12.0 Å². The number of anilines is 1. The van der Waals surface area contributed by atoms with Crippen LogP contribution in [-0.4, -0.2) is 25.8 Å². The Morgan fingerprint density at radius 1 is 1.30 bits per heavy atom. The molecule has 1 aromatic rings. The van der Waals surface area contributed by atoms with E-state index in [4.69, 9.17) is 5.73 Å². The largest absolute Gasteiger partial charge is 0.399 e. The van der Waals surface area contributed by atoms with Crippen molar-refractivity contribution in [2.75, 3.05) is 18.8 Å². The molecule has 1 aliphatic rings. The first-order valence-electron chi connectivity index (χ1n) is 6.96. The minimum absolute atomic E-state index is 0.270.